The van der Waals surface area contributed by atoms with Gasteiger partial charge in [-0.1, -0.05) is 61.3 Å². The molecule has 2 rings (SSSR count). The normalized spacial score (nSPS) is 11.9. The Morgan fingerprint density at radius 3 is 2.26 bits per heavy atom. The molecule has 0 fully saturated rings. The number of carbonyl (C=O) groups is 2. The number of nitrogens with one attached hydrogen (secondary N) is 1. The standard InChI is InChI=1S/C21H23Cl2NO3/c1-13(2)11-19(24-20(25)15-8-5-4-7-14(15)3)21(26)27-12-16-17(22)9-6-10-18(16)23/h4-10,13,19H,11-12H2,1-3H3,(H,24,25)/t19-/m0/s1. The molecule has 27 heavy (non-hydrogen) atoms. The Kier molecular flexibility index (Phi) is 7.69. The molecule has 4 nitrogen and oxygen atoms in total. The van der Waals surface area contributed by atoms with E-state index in [2.05, 4.69) is 5.32 Å². The zero-order valence-electron chi connectivity index (χ0n) is 15.6. The van der Waals surface area contributed by atoms with E-state index in [-0.39, 0.29) is 18.4 Å². The van der Waals surface area contributed by atoms with Crippen LogP contribution in [0, 0.1) is 12.8 Å². The molecule has 0 spiro atoms. The Bertz CT molecular complexity index is 801. The van der Waals surface area contributed by atoms with E-state index in [1.54, 1.807) is 30.3 Å². The van der Waals surface area contributed by atoms with Crippen LogP contribution in [-0.4, -0.2) is 17.9 Å². The van der Waals surface area contributed by atoms with Gasteiger partial charge >= 0.3 is 5.97 Å². The van der Waals surface area contributed by atoms with Crippen molar-refractivity contribution in [2.75, 3.05) is 0 Å². The van der Waals surface area contributed by atoms with Crippen molar-refractivity contribution in [3.63, 3.8) is 0 Å². The van der Waals surface area contributed by atoms with Crippen molar-refractivity contribution in [3.05, 3.63) is 69.2 Å². The van der Waals surface area contributed by atoms with Crippen molar-refractivity contribution in [1.29, 1.82) is 0 Å². The van der Waals surface area contributed by atoms with E-state index in [4.69, 9.17) is 27.9 Å². The number of amides is 1. The maximum absolute atomic E-state index is 12.6. The van der Waals surface area contributed by atoms with Crippen molar-refractivity contribution in [2.24, 2.45) is 5.92 Å². The summed E-state index contributed by atoms with van der Waals surface area (Å²) in [6, 6.07) is 11.6. The predicted molar refractivity (Wildman–Crippen MR) is 108 cm³/mol. The largest absolute Gasteiger partial charge is 0.459 e. The second-order valence-electron chi connectivity index (χ2n) is 6.78. The number of hydrogen-bond acceptors (Lipinski definition) is 3. The van der Waals surface area contributed by atoms with E-state index in [9.17, 15) is 9.59 Å². The second-order valence-corrected chi connectivity index (χ2v) is 7.59. The number of carbonyl (C=O) groups excluding carboxylic acids is 2. The summed E-state index contributed by atoms with van der Waals surface area (Å²) in [6.07, 6.45) is 0.465. The molecular weight excluding hydrogens is 385 g/mol. The number of hydrogen-bond donors (Lipinski definition) is 1. The third-order valence-electron chi connectivity index (χ3n) is 4.11. The van der Waals surface area contributed by atoms with Crippen molar-refractivity contribution in [2.45, 2.75) is 39.8 Å². The van der Waals surface area contributed by atoms with E-state index in [0.29, 0.717) is 27.6 Å². The quantitative estimate of drug-likeness (QED) is 0.642. The summed E-state index contributed by atoms with van der Waals surface area (Å²) in [5.41, 5.74) is 1.92. The summed E-state index contributed by atoms with van der Waals surface area (Å²) in [4.78, 5) is 25.2. The third-order valence-corrected chi connectivity index (χ3v) is 4.82. The molecule has 0 saturated heterocycles. The summed E-state index contributed by atoms with van der Waals surface area (Å²) < 4.78 is 5.40. The van der Waals surface area contributed by atoms with E-state index in [0.717, 1.165) is 5.56 Å². The molecule has 2 aromatic rings. The lowest BCUT2D eigenvalue weighted by Crippen LogP contribution is -2.42. The number of rotatable bonds is 7. The Morgan fingerprint density at radius 1 is 1.04 bits per heavy atom. The van der Waals surface area contributed by atoms with Gasteiger partial charge in [0.2, 0.25) is 0 Å². The van der Waals surface area contributed by atoms with Crippen molar-refractivity contribution in [1.82, 2.24) is 5.32 Å². The fourth-order valence-electron chi connectivity index (χ4n) is 2.66. The summed E-state index contributed by atoms with van der Waals surface area (Å²) >= 11 is 12.2. The highest BCUT2D eigenvalue weighted by molar-refractivity contribution is 6.35. The first-order valence-electron chi connectivity index (χ1n) is 8.75. The van der Waals surface area contributed by atoms with Gasteiger partial charge in [0.25, 0.3) is 5.91 Å². The molecule has 0 aliphatic rings. The van der Waals surface area contributed by atoms with Crippen molar-refractivity contribution >= 4 is 35.1 Å². The molecular formula is C21H23Cl2NO3. The minimum Gasteiger partial charge on any atom is -0.459 e. The Labute approximate surface area is 169 Å². The monoisotopic (exact) mass is 407 g/mol. The van der Waals surface area contributed by atoms with Gasteiger partial charge in [-0.05, 0) is 43.0 Å². The molecule has 0 heterocycles. The highest BCUT2D eigenvalue weighted by atomic mass is 35.5. The Balaban J connectivity index is 2.09. The van der Waals surface area contributed by atoms with Crippen LogP contribution in [0.3, 0.4) is 0 Å². The number of aryl methyl sites for hydroxylation is 1. The highest BCUT2D eigenvalue weighted by Gasteiger charge is 2.25. The minimum absolute atomic E-state index is 0.0494. The first-order valence-corrected chi connectivity index (χ1v) is 9.51. The average Bonchev–Trinajstić information content (AvgIpc) is 2.60. The van der Waals surface area contributed by atoms with Crippen molar-refractivity contribution < 1.29 is 14.3 Å². The van der Waals surface area contributed by atoms with Crippen LogP contribution in [0.25, 0.3) is 0 Å². The zero-order valence-corrected chi connectivity index (χ0v) is 17.1. The Hall–Kier alpha value is -2.04. The maximum atomic E-state index is 12.6. The molecule has 1 amide bonds. The van der Waals surface area contributed by atoms with Crippen LogP contribution in [0.5, 0.6) is 0 Å². The van der Waals surface area contributed by atoms with Crippen LogP contribution in [0.15, 0.2) is 42.5 Å². The lowest BCUT2D eigenvalue weighted by atomic mass is 10.0. The molecule has 144 valence electrons. The molecule has 2 aromatic carbocycles. The van der Waals surface area contributed by atoms with E-state index in [1.807, 2.05) is 32.9 Å². The van der Waals surface area contributed by atoms with E-state index >= 15 is 0 Å². The molecule has 0 radical (unpaired) electrons. The van der Waals surface area contributed by atoms with Gasteiger partial charge in [-0.25, -0.2) is 4.79 Å². The first-order chi connectivity index (χ1) is 12.8. The predicted octanol–water partition coefficient (Wildman–Crippen LogP) is 5.19. The number of benzene rings is 2. The van der Waals surface area contributed by atoms with E-state index < -0.39 is 12.0 Å². The number of esters is 1. The molecule has 1 N–H and O–H groups in total. The third kappa shape index (κ3) is 5.98. The fraction of sp³-hybridized carbons (Fsp3) is 0.333. The van der Waals surface area contributed by atoms with Gasteiger partial charge in [-0.15, -0.1) is 0 Å². The maximum Gasteiger partial charge on any atom is 0.328 e. The van der Waals surface area contributed by atoms with Crippen LogP contribution in [0.1, 0.15) is 41.8 Å². The summed E-state index contributed by atoms with van der Waals surface area (Å²) in [7, 11) is 0. The molecule has 1 atom stereocenters. The molecule has 0 aromatic heterocycles. The van der Waals surface area contributed by atoms with Crippen LogP contribution in [0.2, 0.25) is 10.0 Å². The van der Waals surface area contributed by atoms with Crippen LogP contribution < -0.4 is 5.32 Å². The van der Waals surface area contributed by atoms with Crippen LogP contribution in [0.4, 0.5) is 0 Å². The Morgan fingerprint density at radius 2 is 1.67 bits per heavy atom. The number of ether oxygens (including phenoxy) is 1. The lowest BCUT2D eigenvalue weighted by Gasteiger charge is -2.20. The molecule has 6 heteroatoms. The fourth-order valence-corrected chi connectivity index (χ4v) is 3.17. The van der Waals surface area contributed by atoms with Gasteiger partial charge in [0.1, 0.15) is 12.6 Å². The number of halogens is 2. The van der Waals surface area contributed by atoms with E-state index in [1.165, 1.54) is 0 Å². The SMILES string of the molecule is Cc1ccccc1C(=O)N[C@@H](CC(C)C)C(=O)OCc1c(Cl)cccc1Cl. The van der Waals surface area contributed by atoms with Crippen molar-refractivity contribution in [3.8, 4) is 0 Å². The topological polar surface area (TPSA) is 55.4 Å². The lowest BCUT2D eigenvalue weighted by molar-refractivity contribution is -0.147. The minimum atomic E-state index is -0.752. The molecule has 0 aliphatic heterocycles. The van der Waals surface area contributed by atoms with Gasteiger partial charge in [-0.2, -0.15) is 0 Å². The molecule has 0 aliphatic carbocycles. The van der Waals surface area contributed by atoms with Crippen LogP contribution >= 0.6 is 23.2 Å². The van der Waals surface area contributed by atoms with Gasteiger partial charge in [0.15, 0.2) is 0 Å². The summed E-state index contributed by atoms with van der Waals surface area (Å²) in [6.45, 7) is 5.76. The van der Waals surface area contributed by atoms with Gasteiger partial charge < -0.3 is 10.1 Å². The summed E-state index contributed by atoms with van der Waals surface area (Å²) in [5, 5.41) is 3.65. The first kappa shape index (κ1) is 21.3. The second kappa shape index (κ2) is 9.77. The molecule has 0 unspecified atom stereocenters. The van der Waals surface area contributed by atoms with Gasteiger partial charge in [-0.3, -0.25) is 4.79 Å². The van der Waals surface area contributed by atoms with Gasteiger partial charge in [0, 0.05) is 21.2 Å². The summed E-state index contributed by atoms with van der Waals surface area (Å²) in [5.74, 6) is -0.614. The smallest absolute Gasteiger partial charge is 0.328 e. The molecule has 0 bridgehead atoms. The van der Waals surface area contributed by atoms with Crippen LogP contribution in [-0.2, 0) is 16.1 Å². The zero-order chi connectivity index (χ0) is 20.0. The average molecular weight is 408 g/mol. The highest BCUT2D eigenvalue weighted by Crippen LogP contribution is 2.25. The molecule has 0 saturated carbocycles. The van der Waals surface area contributed by atoms with Gasteiger partial charge in [0.05, 0.1) is 0 Å².